The molecule has 31 heavy (non-hydrogen) atoms. The first-order chi connectivity index (χ1) is 14.7. The van der Waals surface area contributed by atoms with E-state index in [9.17, 15) is 24.9 Å². The Morgan fingerprint density at radius 2 is 1.94 bits per heavy atom. The number of aliphatic hydroxyl groups is 3. The number of ether oxygens (including phenoxy) is 2. The van der Waals surface area contributed by atoms with Gasteiger partial charge in [0.15, 0.2) is 0 Å². The van der Waals surface area contributed by atoms with Gasteiger partial charge in [0.2, 0.25) is 0 Å². The molecular weight excluding hydrogens is 400 g/mol. The number of aliphatic hydroxyl groups excluding tert-OH is 3. The lowest BCUT2D eigenvalue weighted by atomic mass is 9.64. The Kier molecular flexibility index (Phi) is 9.56. The van der Waals surface area contributed by atoms with Crippen molar-refractivity contribution in [1.29, 1.82) is 0 Å². The Balaban J connectivity index is 2.06. The van der Waals surface area contributed by atoms with Gasteiger partial charge in [-0.3, -0.25) is 9.59 Å². The summed E-state index contributed by atoms with van der Waals surface area (Å²) in [7, 11) is 1.26. The van der Waals surface area contributed by atoms with Crippen LogP contribution in [0.25, 0.3) is 0 Å². The van der Waals surface area contributed by atoms with Gasteiger partial charge >= 0.3 is 11.9 Å². The predicted molar refractivity (Wildman–Crippen MR) is 116 cm³/mol. The van der Waals surface area contributed by atoms with Gasteiger partial charge in [0.25, 0.3) is 0 Å². The molecule has 0 spiro atoms. The van der Waals surface area contributed by atoms with Gasteiger partial charge in [-0.05, 0) is 43.6 Å². The molecule has 0 aromatic heterocycles. The fraction of sp³-hybridized carbons (Fsp3) is 0.750. The van der Waals surface area contributed by atoms with Gasteiger partial charge in [-0.1, -0.05) is 32.9 Å². The number of carbonyl (C=O) groups excluding carboxylic acids is 2. The monoisotopic (exact) mass is 438 g/mol. The highest BCUT2D eigenvalue weighted by atomic mass is 16.5. The van der Waals surface area contributed by atoms with Gasteiger partial charge in [-0.2, -0.15) is 0 Å². The average molecular weight is 439 g/mol. The van der Waals surface area contributed by atoms with E-state index in [0.29, 0.717) is 25.7 Å². The highest BCUT2D eigenvalue weighted by Gasteiger charge is 2.43. The van der Waals surface area contributed by atoms with Gasteiger partial charge < -0.3 is 24.8 Å². The maximum absolute atomic E-state index is 12.5. The highest BCUT2D eigenvalue weighted by Crippen LogP contribution is 2.45. The van der Waals surface area contributed by atoms with Crippen LogP contribution in [0.4, 0.5) is 0 Å². The van der Waals surface area contributed by atoms with Crippen molar-refractivity contribution < 1.29 is 34.4 Å². The molecule has 0 aromatic carbocycles. The van der Waals surface area contributed by atoms with Crippen LogP contribution in [-0.2, 0) is 19.1 Å². The van der Waals surface area contributed by atoms with Crippen LogP contribution >= 0.6 is 0 Å². The lowest BCUT2D eigenvalue weighted by Gasteiger charge is -2.44. The predicted octanol–water partition coefficient (Wildman–Crippen LogP) is 3.30. The minimum atomic E-state index is -0.947. The number of carbonyl (C=O) groups is 2. The van der Waals surface area contributed by atoms with Crippen LogP contribution in [0.15, 0.2) is 24.0 Å². The third-order valence-corrected chi connectivity index (χ3v) is 6.77. The maximum Gasteiger partial charge on any atom is 0.308 e. The molecule has 0 amide bonds. The molecule has 8 atom stereocenters. The number of hydrogen-bond acceptors (Lipinski definition) is 7. The van der Waals surface area contributed by atoms with E-state index in [0.717, 1.165) is 0 Å². The molecule has 0 radical (unpaired) electrons. The molecule has 0 saturated heterocycles. The first-order valence-corrected chi connectivity index (χ1v) is 11.4. The molecule has 0 aliphatic heterocycles. The first-order valence-electron chi connectivity index (χ1n) is 11.4. The second kappa shape index (κ2) is 11.7. The van der Waals surface area contributed by atoms with Crippen molar-refractivity contribution in [3.63, 3.8) is 0 Å². The molecule has 2 aliphatic carbocycles. The Hall–Kier alpha value is -1.86. The summed E-state index contributed by atoms with van der Waals surface area (Å²) >= 11 is 0. The molecule has 0 fully saturated rings. The highest BCUT2D eigenvalue weighted by molar-refractivity contribution is 5.72. The van der Waals surface area contributed by atoms with E-state index in [1.54, 1.807) is 0 Å². The lowest BCUT2D eigenvalue weighted by Crippen LogP contribution is -2.43. The smallest absolute Gasteiger partial charge is 0.308 e. The van der Waals surface area contributed by atoms with E-state index in [2.05, 4.69) is 23.8 Å². The molecule has 0 aromatic rings. The summed E-state index contributed by atoms with van der Waals surface area (Å²) in [5, 5.41) is 30.6. The fourth-order valence-corrected chi connectivity index (χ4v) is 4.72. The quantitative estimate of drug-likeness (QED) is 0.354. The summed E-state index contributed by atoms with van der Waals surface area (Å²) in [6.07, 6.45) is 6.04. The van der Waals surface area contributed by atoms with Crippen molar-refractivity contribution in [3.8, 4) is 0 Å². The summed E-state index contributed by atoms with van der Waals surface area (Å²) in [6.45, 7) is 5.90. The largest absolute Gasteiger partial charge is 0.512 e. The molecule has 176 valence electrons. The van der Waals surface area contributed by atoms with Crippen molar-refractivity contribution in [2.45, 2.75) is 77.6 Å². The van der Waals surface area contributed by atoms with Gasteiger partial charge in [0.1, 0.15) is 6.10 Å². The second-order valence-electron chi connectivity index (χ2n) is 9.11. The maximum atomic E-state index is 12.5. The van der Waals surface area contributed by atoms with Crippen molar-refractivity contribution >= 4 is 11.9 Å². The van der Waals surface area contributed by atoms with Gasteiger partial charge in [-0.25, -0.2) is 0 Å². The van der Waals surface area contributed by atoms with Crippen molar-refractivity contribution in [2.24, 2.45) is 29.6 Å². The molecule has 3 N–H and O–H groups in total. The molecule has 0 bridgehead atoms. The summed E-state index contributed by atoms with van der Waals surface area (Å²) in [4.78, 5) is 23.8. The minimum absolute atomic E-state index is 0.0215. The van der Waals surface area contributed by atoms with Crippen molar-refractivity contribution in [1.82, 2.24) is 0 Å². The van der Waals surface area contributed by atoms with Crippen LogP contribution < -0.4 is 0 Å². The van der Waals surface area contributed by atoms with Crippen LogP contribution in [0.1, 0.15) is 59.3 Å². The third-order valence-electron chi connectivity index (χ3n) is 6.77. The second-order valence-corrected chi connectivity index (χ2v) is 9.11. The first kappa shape index (κ1) is 25.4. The molecule has 2 aliphatic rings. The fourth-order valence-electron chi connectivity index (χ4n) is 4.72. The zero-order chi connectivity index (χ0) is 23.1. The lowest BCUT2D eigenvalue weighted by molar-refractivity contribution is -0.160. The van der Waals surface area contributed by atoms with Crippen LogP contribution in [0, 0.1) is 29.6 Å². The summed E-state index contributed by atoms with van der Waals surface area (Å²) in [5.74, 6) is -0.316. The Morgan fingerprint density at radius 3 is 2.58 bits per heavy atom. The molecule has 3 unspecified atom stereocenters. The number of hydrogen-bond donors (Lipinski definition) is 3. The van der Waals surface area contributed by atoms with Crippen LogP contribution in [0.2, 0.25) is 0 Å². The summed E-state index contributed by atoms with van der Waals surface area (Å²) in [5.41, 5.74) is 0. The van der Waals surface area contributed by atoms with Gasteiger partial charge in [-0.15, -0.1) is 0 Å². The normalized spacial score (nSPS) is 30.5. The van der Waals surface area contributed by atoms with E-state index in [1.807, 2.05) is 19.9 Å². The minimum Gasteiger partial charge on any atom is -0.512 e. The van der Waals surface area contributed by atoms with Gasteiger partial charge in [0, 0.05) is 18.3 Å². The molecule has 0 saturated carbocycles. The van der Waals surface area contributed by atoms with Crippen LogP contribution in [-0.4, -0.2) is 52.7 Å². The number of rotatable bonds is 10. The van der Waals surface area contributed by atoms with E-state index in [4.69, 9.17) is 4.74 Å². The van der Waals surface area contributed by atoms with Crippen molar-refractivity contribution in [2.75, 3.05) is 7.11 Å². The Labute approximate surface area is 185 Å². The van der Waals surface area contributed by atoms with E-state index >= 15 is 0 Å². The third kappa shape index (κ3) is 7.07. The number of methoxy groups -OCH3 is 1. The molecular formula is C24H38O7. The number of esters is 2. The van der Waals surface area contributed by atoms with Crippen molar-refractivity contribution in [3.05, 3.63) is 24.0 Å². The molecule has 7 nitrogen and oxygen atoms in total. The zero-order valence-corrected chi connectivity index (χ0v) is 19.1. The Morgan fingerprint density at radius 1 is 1.23 bits per heavy atom. The topological polar surface area (TPSA) is 113 Å². The number of fused-ring (bicyclic) bond motifs is 1. The standard InChI is InChI=1S/C24H38O7/c1-5-14(2)24(29)31-21-12-18(26)10-16-7-6-15(3)20(23(16)21)9-8-17(25)11-19(27)13-22(28)30-4/h6-7,10,14-17,19-21,23,25-27H,5,8-9,11-13H2,1-4H3/t14-,15-,16?,17-,19-,20?,21-,23?/m0/s1. The van der Waals surface area contributed by atoms with Crippen LogP contribution in [0.3, 0.4) is 0 Å². The van der Waals surface area contributed by atoms with Gasteiger partial charge in [0.05, 0.1) is 37.4 Å². The molecule has 0 heterocycles. The van der Waals surface area contributed by atoms with E-state index < -0.39 is 24.3 Å². The summed E-state index contributed by atoms with van der Waals surface area (Å²) in [6, 6.07) is 0. The molecule has 7 heteroatoms. The van der Waals surface area contributed by atoms with E-state index in [-0.39, 0.29) is 54.2 Å². The molecule has 2 rings (SSSR count). The zero-order valence-electron chi connectivity index (χ0n) is 19.1. The summed E-state index contributed by atoms with van der Waals surface area (Å²) < 4.78 is 10.4. The Bertz CT molecular complexity index is 671. The average Bonchev–Trinajstić information content (AvgIpc) is 2.72. The van der Waals surface area contributed by atoms with E-state index in [1.165, 1.54) is 7.11 Å². The SMILES string of the molecule is CC[C@H](C)C(=O)O[C@H]1CC(O)=CC2C=C[C@H](C)C(CC[C@H](O)C[C@H](O)CC(=O)OC)C21. The van der Waals surface area contributed by atoms with Crippen LogP contribution in [0.5, 0.6) is 0 Å². The number of allylic oxidation sites excluding steroid dienone is 3.